The average Bonchev–Trinajstić information content (AvgIpc) is 2.95. The smallest absolute Gasteiger partial charge is 0.134 e. The molecule has 0 amide bonds. The van der Waals surface area contributed by atoms with E-state index in [1.807, 2.05) is 19.1 Å². The molecule has 0 aliphatic carbocycles. The first-order chi connectivity index (χ1) is 10.2. The van der Waals surface area contributed by atoms with E-state index in [4.69, 9.17) is 14.9 Å². The molecule has 0 saturated carbocycles. The fourth-order valence-corrected chi connectivity index (χ4v) is 2.69. The van der Waals surface area contributed by atoms with Gasteiger partial charge in [0.15, 0.2) is 0 Å². The second-order valence-electron chi connectivity index (χ2n) is 5.57. The summed E-state index contributed by atoms with van der Waals surface area (Å²) in [6.07, 6.45) is 0.170. The van der Waals surface area contributed by atoms with Crippen LogP contribution in [-0.4, -0.2) is 37.2 Å². The van der Waals surface area contributed by atoms with Gasteiger partial charge in [0.1, 0.15) is 11.5 Å². The maximum atomic E-state index is 5.68. The van der Waals surface area contributed by atoms with Crippen LogP contribution < -0.4 is 5.73 Å². The zero-order valence-corrected chi connectivity index (χ0v) is 12.4. The average molecular weight is 286 g/mol. The number of rotatable bonds is 4. The van der Waals surface area contributed by atoms with Crippen LogP contribution in [0.1, 0.15) is 11.3 Å². The Balaban J connectivity index is 1.64. The van der Waals surface area contributed by atoms with Crippen LogP contribution in [0, 0.1) is 6.92 Å². The lowest BCUT2D eigenvalue weighted by Crippen LogP contribution is -2.45. The van der Waals surface area contributed by atoms with Gasteiger partial charge in [-0.2, -0.15) is 0 Å². The molecule has 112 valence electrons. The zero-order chi connectivity index (χ0) is 14.7. The van der Waals surface area contributed by atoms with Crippen LogP contribution in [0.15, 0.2) is 40.8 Å². The topological polar surface area (TPSA) is 51.6 Å². The number of benzene rings is 1. The minimum Gasteiger partial charge on any atom is -0.461 e. The number of nitrogens with two attached hydrogens (primary N) is 1. The molecule has 0 unspecified atom stereocenters. The Hall–Kier alpha value is -1.62. The van der Waals surface area contributed by atoms with Gasteiger partial charge in [-0.05, 0) is 24.6 Å². The highest BCUT2D eigenvalue weighted by Crippen LogP contribution is 2.22. The van der Waals surface area contributed by atoms with Crippen molar-refractivity contribution >= 4 is 0 Å². The summed E-state index contributed by atoms with van der Waals surface area (Å²) in [5.74, 6) is 1.86. The molecular weight excluding hydrogens is 264 g/mol. The SMILES string of the molecule is Cc1ccc(-c2ccc(CN3CCO[C@@H](CN)C3)cc2)o1. The van der Waals surface area contributed by atoms with E-state index in [0.717, 1.165) is 43.3 Å². The van der Waals surface area contributed by atoms with Gasteiger partial charge in [-0.15, -0.1) is 0 Å². The van der Waals surface area contributed by atoms with Gasteiger partial charge in [0.25, 0.3) is 0 Å². The second kappa shape index (κ2) is 6.43. The largest absolute Gasteiger partial charge is 0.461 e. The van der Waals surface area contributed by atoms with Crippen molar-refractivity contribution < 1.29 is 9.15 Å². The minimum atomic E-state index is 0.170. The fourth-order valence-electron chi connectivity index (χ4n) is 2.69. The van der Waals surface area contributed by atoms with Crippen molar-refractivity contribution in [2.24, 2.45) is 5.73 Å². The summed E-state index contributed by atoms with van der Waals surface area (Å²) >= 11 is 0. The van der Waals surface area contributed by atoms with Crippen LogP contribution >= 0.6 is 0 Å². The van der Waals surface area contributed by atoms with Crippen LogP contribution in [0.5, 0.6) is 0 Å². The quantitative estimate of drug-likeness (QED) is 0.938. The third-order valence-electron chi connectivity index (χ3n) is 3.87. The molecule has 2 heterocycles. The normalized spacial score (nSPS) is 19.8. The van der Waals surface area contributed by atoms with Crippen LogP contribution in [0.3, 0.4) is 0 Å². The van der Waals surface area contributed by atoms with E-state index in [9.17, 15) is 0 Å². The number of aryl methyl sites for hydroxylation is 1. The Labute approximate surface area is 125 Å². The number of nitrogens with zero attached hydrogens (tertiary/aromatic N) is 1. The fraction of sp³-hybridized carbons (Fsp3) is 0.412. The molecule has 4 nitrogen and oxygen atoms in total. The van der Waals surface area contributed by atoms with Crippen LogP contribution in [0.25, 0.3) is 11.3 Å². The molecule has 1 aliphatic rings. The first-order valence-corrected chi connectivity index (χ1v) is 7.44. The number of hydrogen-bond donors (Lipinski definition) is 1. The van der Waals surface area contributed by atoms with E-state index in [0.29, 0.717) is 6.54 Å². The summed E-state index contributed by atoms with van der Waals surface area (Å²) in [6, 6.07) is 12.6. The lowest BCUT2D eigenvalue weighted by Gasteiger charge is -2.32. The Bertz CT molecular complexity index is 577. The van der Waals surface area contributed by atoms with Crippen LogP contribution in [0.4, 0.5) is 0 Å². The van der Waals surface area contributed by atoms with Gasteiger partial charge >= 0.3 is 0 Å². The van der Waals surface area contributed by atoms with Crippen LogP contribution in [0.2, 0.25) is 0 Å². The van der Waals surface area contributed by atoms with Gasteiger partial charge in [0, 0.05) is 31.7 Å². The monoisotopic (exact) mass is 286 g/mol. The summed E-state index contributed by atoms with van der Waals surface area (Å²) in [7, 11) is 0. The third kappa shape index (κ3) is 3.53. The Morgan fingerprint density at radius 2 is 2.00 bits per heavy atom. The predicted octanol–water partition coefficient (Wildman–Crippen LogP) is 2.41. The van der Waals surface area contributed by atoms with Crippen molar-refractivity contribution in [3.8, 4) is 11.3 Å². The minimum absolute atomic E-state index is 0.170. The molecule has 1 saturated heterocycles. The van der Waals surface area contributed by atoms with Gasteiger partial charge in [-0.3, -0.25) is 4.90 Å². The summed E-state index contributed by atoms with van der Waals surface area (Å²) in [4.78, 5) is 2.40. The molecule has 1 fully saturated rings. The summed E-state index contributed by atoms with van der Waals surface area (Å²) in [5.41, 5.74) is 8.11. The van der Waals surface area contributed by atoms with Gasteiger partial charge in [0.05, 0.1) is 12.7 Å². The van der Waals surface area contributed by atoms with E-state index in [2.05, 4.69) is 29.2 Å². The molecule has 1 aromatic carbocycles. The maximum Gasteiger partial charge on any atom is 0.134 e. The highest BCUT2D eigenvalue weighted by Gasteiger charge is 2.19. The lowest BCUT2D eigenvalue weighted by molar-refractivity contribution is -0.0260. The number of ether oxygens (including phenoxy) is 1. The molecule has 1 aromatic heterocycles. The standard InChI is InChI=1S/C17H22N2O2/c1-13-2-7-17(21-13)15-5-3-14(4-6-15)11-19-8-9-20-16(10-18)12-19/h2-7,16H,8-12,18H2,1H3/t16-/m0/s1. The lowest BCUT2D eigenvalue weighted by atomic mass is 10.1. The van der Waals surface area contributed by atoms with Crippen molar-refractivity contribution in [3.05, 3.63) is 47.7 Å². The van der Waals surface area contributed by atoms with E-state index >= 15 is 0 Å². The number of morpholine rings is 1. The molecule has 2 N–H and O–H groups in total. The summed E-state index contributed by atoms with van der Waals surface area (Å²) in [6.45, 7) is 6.14. The van der Waals surface area contributed by atoms with Crippen LogP contribution in [-0.2, 0) is 11.3 Å². The number of hydrogen-bond acceptors (Lipinski definition) is 4. The molecule has 0 bridgehead atoms. The molecule has 4 heteroatoms. The predicted molar refractivity (Wildman–Crippen MR) is 83.0 cm³/mol. The molecule has 3 rings (SSSR count). The van der Waals surface area contributed by atoms with E-state index < -0.39 is 0 Å². The van der Waals surface area contributed by atoms with Gasteiger partial charge in [-0.1, -0.05) is 24.3 Å². The Kier molecular flexibility index (Phi) is 4.39. The Morgan fingerprint density at radius 3 is 2.67 bits per heavy atom. The van der Waals surface area contributed by atoms with Crippen molar-refractivity contribution in [3.63, 3.8) is 0 Å². The molecule has 2 aromatic rings. The molecule has 1 aliphatic heterocycles. The first-order valence-electron chi connectivity index (χ1n) is 7.44. The molecule has 0 spiro atoms. The van der Waals surface area contributed by atoms with Crippen molar-refractivity contribution in [1.82, 2.24) is 4.90 Å². The highest BCUT2D eigenvalue weighted by molar-refractivity contribution is 5.57. The van der Waals surface area contributed by atoms with Gasteiger partial charge in [0.2, 0.25) is 0 Å². The van der Waals surface area contributed by atoms with Crippen molar-refractivity contribution in [2.75, 3.05) is 26.2 Å². The van der Waals surface area contributed by atoms with Gasteiger partial charge < -0.3 is 14.9 Å². The second-order valence-corrected chi connectivity index (χ2v) is 5.57. The maximum absolute atomic E-state index is 5.68. The summed E-state index contributed by atoms with van der Waals surface area (Å²) in [5, 5.41) is 0. The molecule has 0 radical (unpaired) electrons. The third-order valence-corrected chi connectivity index (χ3v) is 3.87. The molecule has 1 atom stereocenters. The van der Waals surface area contributed by atoms with E-state index in [-0.39, 0.29) is 6.10 Å². The van der Waals surface area contributed by atoms with E-state index in [1.165, 1.54) is 5.56 Å². The van der Waals surface area contributed by atoms with Crippen molar-refractivity contribution in [1.29, 1.82) is 0 Å². The Morgan fingerprint density at radius 1 is 1.19 bits per heavy atom. The molecular formula is C17H22N2O2. The van der Waals surface area contributed by atoms with Gasteiger partial charge in [-0.25, -0.2) is 0 Å². The van der Waals surface area contributed by atoms with Crippen molar-refractivity contribution in [2.45, 2.75) is 19.6 Å². The molecule has 21 heavy (non-hydrogen) atoms. The highest BCUT2D eigenvalue weighted by atomic mass is 16.5. The zero-order valence-electron chi connectivity index (χ0n) is 12.4. The first kappa shape index (κ1) is 14.3. The van der Waals surface area contributed by atoms with E-state index in [1.54, 1.807) is 0 Å². The summed E-state index contributed by atoms with van der Waals surface area (Å²) < 4.78 is 11.2. The number of furan rings is 1.